The molecule has 5 nitrogen and oxygen atoms in total. The van der Waals surface area contributed by atoms with E-state index in [0.29, 0.717) is 0 Å². The third kappa shape index (κ3) is 2.12. The number of halogens is 1. The van der Waals surface area contributed by atoms with Crippen molar-refractivity contribution in [1.82, 2.24) is 0 Å². The molecule has 1 aliphatic rings. The Hall–Kier alpha value is 0.0900. The van der Waals surface area contributed by atoms with Crippen LogP contribution in [-0.4, -0.2) is 59.0 Å². The third-order valence-corrected chi connectivity index (χ3v) is 2.36. The van der Waals surface area contributed by atoms with Gasteiger partial charge >= 0.3 is 0 Å². The highest BCUT2D eigenvalue weighted by Crippen LogP contribution is 2.22. The zero-order valence-corrected chi connectivity index (χ0v) is 7.89. The van der Waals surface area contributed by atoms with Gasteiger partial charge in [0.2, 0.25) is 0 Å². The monoisotopic (exact) mass is 212 g/mol. The molecule has 0 saturated carbocycles. The summed E-state index contributed by atoms with van der Waals surface area (Å²) >= 11 is 5.48. The maximum atomic E-state index is 9.35. The molecule has 6 heteroatoms. The van der Waals surface area contributed by atoms with Crippen LogP contribution in [-0.2, 0) is 9.47 Å². The number of ether oxygens (including phenoxy) is 2. The number of aliphatic hydroxyl groups is 3. The predicted octanol–water partition coefficient (Wildman–Crippen LogP) is -1.32. The molecule has 0 aromatic rings. The van der Waals surface area contributed by atoms with Crippen molar-refractivity contribution in [3.05, 3.63) is 0 Å². The SMILES string of the molecule is CO[C@H]1O[C@H](CCl)[C@@H](O)[C@H](O)[C@@H]1O. The molecule has 13 heavy (non-hydrogen) atoms. The molecular weight excluding hydrogens is 200 g/mol. The Morgan fingerprint density at radius 2 is 1.85 bits per heavy atom. The first-order valence-corrected chi connectivity index (χ1v) is 4.43. The van der Waals surface area contributed by atoms with Gasteiger partial charge in [-0.3, -0.25) is 0 Å². The molecule has 0 aromatic carbocycles. The van der Waals surface area contributed by atoms with E-state index in [1.54, 1.807) is 0 Å². The first-order valence-electron chi connectivity index (χ1n) is 3.90. The molecule has 5 atom stereocenters. The number of rotatable bonds is 2. The van der Waals surface area contributed by atoms with Crippen LogP contribution in [0, 0.1) is 0 Å². The van der Waals surface area contributed by atoms with Crippen molar-refractivity contribution in [1.29, 1.82) is 0 Å². The molecule has 1 heterocycles. The summed E-state index contributed by atoms with van der Waals surface area (Å²) < 4.78 is 9.82. The normalized spacial score (nSPS) is 46.4. The van der Waals surface area contributed by atoms with Crippen molar-refractivity contribution in [2.75, 3.05) is 13.0 Å². The van der Waals surface area contributed by atoms with Crippen molar-refractivity contribution in [2.45, 2.75) is 30.7 Å². The van der Waals surface area contributed by atoms with Gasteiger partial charge in [0.1, 0.15) is 24.4 Å². The molecule has 0 aliphatic carbocycles. The van der Waals surface area contributed by atoms with Gasteiger partial charge in [0.15, 0.2) is 6.29 Å². The Labute approximate surface area is 80.8 Å². The molecule has 0 spiro atoms. The van der Waals surface area contributed by atoms with Crippen LogP contribution in [0.2, 0.25) is 0 Å². The van der Waals surface area contributed by atoms with Gasteiger partial charge in [-0.1, -0.05) is 0 Å². The summed E-state index contributed by atoms with van der Waals surface area (Å²) in [5.41, 5.74) is 0. The number of alkyl halides is 1. The minimum Gasteiger partial charge on any atom is -0.388 e. The highest BCUT2D eigenvalue weighted by atomic mass is 35.5. The maximum Gasteiger partial charge on any atom is 0.186 e. The molecule has 1 rings (SSSR count). The summed E-state index contributed by atoms with van der Waals surface area (Å²) in [6.45, 7) is 0. The standard InChI is InChI=1S/C7H13ClO5/c1-12-7-6(11)5(10)4(9)3(2-8)13-7/h3-7,9-11H,2H2,1H3/t3-,4-,5+,6+,7+/m1/s1. The minimum absolute atomic E-state index is 0.0325. The van der Waals surface area contributed by atoms with Crippen LogP contribution in [0.25, 0.3) is 0 Å². The molecule has 0 unspecified atom stereocenters. The van der Waals surface area contributed by atoms with Crippen molar-refractivity contribution in [3.63, 3.8) is 0 Å². The van der Waals surface area contributed by atoms with Crippen LogP contribution in [0.3, 0.4) is 0 Å². The van der Waals surface area contributed by atoms with Crippen LogP contribution in [0.15, 0.2) is 0 Å². The fourth-order valence-electron chi connectivity index (χ4n) is 1.24. The van der Waals surface area contributed by atoms with Gasteiger partial charge in [0.25, 0.3) is 0 Å². The van der Waals surface area contributed by atoms with Crippen LogP contribution in [0.4, 0.5) is 0 Å². The molecule has 1 fully saturated rings. The number of methoxy groups -OCH3 is 1. The van der Waals surface area contributed by atoms with Crippen molar-refractivity contribution >= 4 is 11.6 Å². The highest BCUT2D eigenvalue weighted by molar-refractivity contribution is 6.18. The Morgan fingerprint density at radius 3 is 2.31 bits per heavy atom. The van der Waals surface area contributed by atoms with E-state index in [4.69, 9.17) is 21.1 Å². The molecule has 1 saturated heterocycles. The maximum absolute atomic E-state index is 9.35. The predicted molar refractivity (Wildman–Crippen MR) is 44.4 cm³/mol. The van der Waals surface area contributed by atoms with E-state index in [1.165, 1.54) is 7.11 Å². The fraction of sp³-hybridized carbons (Fsp3) is 1.00. The van der Waals surface area contributed by atoms with E-state index in [9.17, 15) is 15.3 Å². The van der Waals surface area contributed by atoms with Gasteiger partial charge in [0.05, 0.1) is 5.88 Å². The second-order valence-corrected chi connectivity index (χ2v) is 3.21. The van der Waals surface area contributed by atoms with E-state index >= 15 is 0 Å². The summed E-state index contributed by atoms with van der Waals surface area (Å²) in [5.74, 6) is 0.0325. The average molecular weight is 213 g/mol. The number of hydrogen-bond acceptors (Lipinski definition) is 5. The van der Waals surface area contributed by atoms with Gasteiger partial charge in [-0.05, 0) is 0 Å². The van der Waals surface area contributed by atoms with Crippen LogP contribution in [0.5, 0.6) is 0 Å². The smallest absolute Gasteiger partial charge is 0.186 e. The molecule has 0 aromatic heterocycles. The molecule has 1 aliphatic heterocycles. The van der Waals surface area contributed by atoms with Gasteiger partial charge in [-0.2, -0.15) is 0 Å². The Balaban J connectivity index is 2.66. The lowest BCUT2D eigenvalue weighted by Gasteiger charge is -2.38. The van der Waals surface area contributed by atoms with E-state index in [2.05, 4.69) is 0 Å². The summed E-state index contributed by atoms with van der Waals surface area (Å²) in [5, 5.41) is 28.0. The Morgan fingerprint density at radius 1 is 1.23 bits per heavy atom. The summed E-state index contributed by atoms with van der Waals surface area (Å²) in [6.07, 6.45) is -5.38. The lowest BCUT2D eigenvalue weighted by Crippen LogP contribution is -2.58. The minimum atomic E-state index is -1.29. The van der Waals surface area contributed by atoms with Gasteiger partial charge in [-0.15, -0.1) is 11.6 Å². The summed E-state index contributed by atoms with van der Waals surface area (Å²) in [6, 6.07) is 0. The molecule has 78 valence electrons. The summed E-state index contributed by atoms with van der Waals surface area (Å²) in [4.78, 5) is 0. The molecule has 3 N–H and O–H groups in total. The second kappa shape index (κ2) is 4.54. The van der Waals surface area contributed by atoms with E-state index in [-0.39, 0.29) is 5.88 Å². The fourth-order valence-corrected chi connectivity index (χ4v) is 1.49. The third-order valence-electron chi connectivity index (χ3n) is 2.05. The molecular formula is C7H13ClO5. The number of aliphatic hydroxyl groups excluding tert-OH is 3. The Bertz CT molecular complexity index is 147. The zero-order chi connectivity index (χ0) is 10.0. The van der Waals surface area contributed by atoms with E-state index in [0.717, 1.165) is 0 Å². The molecule has 0 bridgehead atoms. The first kappa shape index (κ1) is 11.2. The van der Waals surface area contributed by atoms with Crippen LogP contribution in [0.1, 0.15) is 0 Å². The van der Waals surface area contributed by atoms with Crippen LogP contribution < -0.4 is 0 Å². The lowest BCUT2D eigenvalue weighted by molar-refractivity contribution is -0.285. The highest BCUT2D eigenvalue weighted by Gasteiger charge is 2.43. The van der Waals surface area contributed by atoms with Gasteiger partial charge in [-0.25, -0.2) is 0 Å². The number of hydrogen-bond donors (Lipinski definition) is 3. The van der Waals surface area contributed by atoms with E-state index in [1.807, 2.05) is 0 Å². The molecule has 0 radical (unpaired) electrons. The lowest BCUT2D eigenvalue weighted by atomic mass is 10.00. The Kier molecular flexibility index (Phi) is 3.90. The second-order valence-electron chi connectivity index (χ2n) is 2.90. The van der Waals surface area contributed by atoms with Gasteiger partial charge in [0, 0.05) is 7.11 Å². The van der Waals surface area contributed by atoms with Gasteiger partial charge < -0.3 is 24.8 Å². The topological polar surface area (TPSA) is 79.2 Å². The first-order chi connectivity index (χ1) is 6.11. The van der Waals surface area contributed by atoms with Crippen molar-refractivity contribution < 1.29 is 24.8 Å². The largest absolute Gasteiger partial charge is 0.388 e. The molecule has 0 amide bonds. The quantitative estimate of drug-likeness (QED) is 0.495. The summed E-state index contributed by atoms with van der Waals surface area (Å²) in [7, 11) is 1.34. The zero-order valence-electron chi connectivity index (χ0n) is 7.13. The average Bonchev–Trinajstić information content (AvgIpc) is 2.15. The van der Waals surface area contributed by atoms with Crippen LogP contribution >= 0.6 is 11.6 Å². The van der Waals surface area contributed by atoms with E-state index < -0.39 is 30.7 Å². The van der Waals surface area contributed by atoms with Crippen molar-refractivity contribution in [2.24, 2.45) is 0 Å². The van der Waals surface area contributed by atoms with Crippen molar-refractivity contribution in [3.8, 4) is 0 Å².